The zero-order valence-corrected chi connectivity index (χ0v) is 10.3. The highest BCUT2D eigenvalue weighted by atomic mass is 16.5. The van der Waals surface area contributed by atoms with Crippen LogP contribution >= 0.6 is 0 Å². The summed E-state index contributed by atoms with van der Waals surface area (Å²) in [5.41, 5.74) is 1.67. The van der Waals surface area contributed by atoms with Gasteiger partial charge in [0.15, 0.2) is 0 Å². The van der Waals surface area contributed by atoms with Crippen LogP contribution in [0.1, 0.15) is 31.2 Å². The fourth-order valence-electron chi connectivity index (χ4n) is 2.87. The number of hydrogen-bond donors (Lipinski definition) is 0. The first-order valence-electron chi connectivity index (χ1n) is 6.60. The van der Waals surface area contributed by atoms with Crippen molar-refractivity contribution in [2.45, 2.75) is 38.3 Å². The third-order valence-electron chi connectivity index (χ3n) is 3.84. The highest BCUT2D eigenvalue weighted by Crippen LogP contribution is 2.36. The molecule has 0 unspecified atom stereocenters. The lowest BCUT2D eigenvalue weighted by molar-refractivity contribution is -0.136. The molecule has 0 radical (unpaired) electrons. The fraction of sp³-hybridized carbons (Fsp3) is 0.467. The lowest BCUT2D eigenvalue weighted by Crippen LogP contribution is -2.16. The van der Waals surface area contributed by atoms with Crippen LogP contribution < -0.4 is 0 Å². The van der Waals surface area contributed by atoms with Crippen LogP contribution in [0.4, 0.5) is 0 Å². The molecule has 0 bridgehead atoms. The van der Waals surface area contributed by atoms with E-state index in [0.29, 0.717) is 24.3 Å². The summed E-state index contributed by atoms with van der Waals surface area (Å²) in [5.74, 6) is 0.373. The Bertz CT molecular complexity index is 467. The maximum Gasteiger partial charge on any atom is 0.352 e. The van der Waals surface area contributed by atoms with E-state index < -0.39 is 0 Å². The van der Waals surface area contributed by atoms with E-state index >= 15 is 0 Å². The normalized spacial score (nSPS) is 25.7. The average Bonchev–Trinajstić information content (AvgIpc) is 2.98. The van der Waals surface area contributed by atoms with Crippen molar-refractivity contribution in [3.63, 3.8) is 0 Å². The first kappa shape index (κ1) is 11.5. The largest absolute Gasteiger partial charge is 0.456 e. The summed E-state index contributed by atoms with van der Waals surface area (Å²) in [6, 6.07) is 10.1. The summed E-state index contributed by atoms with van der Waals surface area (Å²) in [5, 5.41) is 0. The number of carbonyl (C=O) groups excluding carboxylic acids is 1. The zero-order valence-electron chi connectivity index (χ0n) is 10.3. The fourth-order valence-corrected chi connectivity index (χ4v) is 2.87. The van der Waals surface area contributed by atoms with E-state index in [1.54, 1.807) is 0 Å². The Labute approximate surface area is 107 Å². The highest BCUT2D eigenvalue weighted by molar-refractivity contribution is 6.37. The standard InChI is InChI=1S/C15H17NO2/c17-15(18-10-11-5-2-1-3-6-11)14-9-12-7-4-8-13(12)16-14/h1-3,5-6,12-13H,4,7-10H2/t12-,13-/m0/s1. The van der Waals surface area contributed by atoms with Crippen molar-refractivity contribution in [2.24, 2.45) is 10.9 Å². The summed E-state index contributed by atoms with van der Waals surface area (Å²) >= 11 is 0. The molecular weight excluding hydrogens is 226 g/mol. The Kier molecular flexibility index (Phi) is 3.13. The molecule has 0 amide bonds. The molecule has 1 aliphatic heterocycles. The van der Waals surface area contributed by atoms with Crippen molar-refractivity contribution < 1.29 is 9.53 Å². The molecule has 94 valence electrons. The van der Waals surface area contributed by atoms with Gasteiger partial charge in [-0.2, -0.15) is 0 Å². The van der Waals surface area contributed by atoms with Gasteiger partial charge in [0.25, 0.3) is 0 Å². The second-order valence-corrected chi connectivity index (χ2v) is 5.10. The van der Waals surface area contributed by atoms with Crippen molar-refractivity contribution in [2.75, 3.05) is 0 Å². The second-order valence-electron chi connectivity index (χ2n) is 5.10. The quantitative estimate of drug-likeness (QED) is 0.766. The van der Waals surface area contributed by atoms with Crippen molar-refractivity contribution in [1.82, 2.24) is 0 Å². The molecule has 3 nitrogen and oxygen atoms in total. The SMILES string of the molecule is O=C(OCc1ccccc1)C1=N[C@H]2CCC[C@H]2C1. The second kappa shape index (κ2) is 4.92. The van der Waals surface area contributed by atoms with Gasteiger partial charge in [-0.3, -0.25) is 4.99 Å². The zero-order chi connectivity index (χ0) is 12.4. The van der Waals surface area contributed by atoms with E-state index in [0.717, 1.165) is 18.4 Å². The lowest BCUT2D eigenvalue weighted by Gasteiger charge is -2.05. The molecule has 18 heavy (non-hydrogen) atoms. The van der Waals surface area contributed by atoms with Crippen LogP contribution in [0.5, 0.6) is 0 Å². The van der Waals surface area contributed by atoms with E-state index in [-0.39, 0.29) is 5.97 Å². The van der Waals surface area contributed by atoms with E-state index in [1.807, 2.05) is 30.3 Å². The minimum Gasteiger partial charge on any atom is -0.456 e. The highest BCUT2D eigenvalue weighted by Gasteiger charge is 2.35. The van der Waals surface area contributed by atoms with Gasteiger partial charge < -0.3 is 4.74 Å². The predicted octanol–water partition coefficient (Wildman–Crippen LogP) is 2.74. The van der Waals surface area contributed by atoms with Crippen LogP contribution in [0.3, 0.4) is 0 Å². The van der Waals surface area contributed by atoms with E-state index in [9.17, 15) is 4.79 Å². The maximum atomic E-state index is 11.9. The number of hydrogen-bond acceptors (Lipinski definition) is 3. The third kappa shape index (κ3) is 2.30. The van der Waals surface area contributed by atoms with E-state index in [4.69, 9.17) is 4.74 Å². The number of rotatable bonds is 3. The Morgan fingerprint density at radius 3 is 2.89 bits per heavy atom. The molecule has 3 heteroatoms. The summed E-state index contributed by atoms with van der Waals surface area (Å²) in [4.78, 5) is 16.4. The Morgan fingerprint density at radius 1 is 1.28 bits per heavy atom. The molecule has 1 heterocycles. The lowest BCUT2D eigenvalue weighted by atomic mass is 10.0. The average molecular weight is 243 g/mol. The van der Waals surface area contributed by atoms with Gasteiger partial charge in [0.1, 0.15) is 12.3 Å². The molecule has 0 N–H and O–H groups in total. The van der Waals surface area contributed by atoms with Crippen molar-refractivity contribution in [3.05, 3.63) is 35.9 Å². The van der Waals surface area contributed by atoms with Crippen LogP contribution in [-0.2, 0) is 16.1 Å². The van der Waals surface area contributed by atoms with Crippen LogP contribution in [0.15, 0.2) is 35.3 Å². The number of ether oxygens (including phenoxy) is 1. The predicted molar refractivity (Wildman–Crippen MR) is 69.4 cm³/mol. The molecule has 0 aromatic heterocycles. The Morgan fingerprint density at radius 2 is 2.11 bits per heavy atom. The van der Waals surface area contributed by atoms with Gasteiger partial charge in [-0.05, 0) is 24.3 Å². The van der Waals surface area contributed by atoms with Crippen molar-refractivity contribution >= 4 is 11.7 Å². The number of fused-ring (bicyclic) bond motifs is 1. The molecule has 0 saturated heterocycles. The third-order valence-corrected chi connectivity index (χ3v) is 3.84. The van der Waals surface area contributed by atoms with Gasteiger partial charge in [0.05, 0.1) is 6.04 Å². The molecular formula is C15H17NO2. The number of nitrogens with zero attached hydrogens (tertiary/aromatic N) is 1. The van der Waals surface area contributed by atoms with Gasteiger partial charge in [-0.1, -0.05) is 36.8 Å². The Balaban J connectivity index is 1.56. The molecule has 0 spiro atoms. The van der Waals surface area contributed by atoms with Crippen LogP contribution in [-0.4, -0.2) is 17.7 Å². The van der Waals surface area contributed by atoms with E-state index in [1.165, 1.54) is 12.8 Å². The summed E-state index contributed by atoms with van der Waals surface area (Å²) in [6.45, 7) is 0.341. The first-order chi connectivity index (χ1) is 8.83. The van der Waals surface area contributed by atoms with Crippen LogP contribution in [0, 0.1) is 5.92 Å². The first-order valence-corrected chi connectivity index (χ1v) is 6.60. The topological polar surface area (TPSA) is 38.7 Å². The molecule has 2 aliphatic rings. The van der Waals surface area contributed by atoms with Crippen molar-refractivity contribution in [3.8, 4) is 0 Å². The molecule has 2 atom stereocenters. The smallest absolute Gasteiger partial charge is 0.352 e. The summed E-state index contributed by atoms with van der Waals surface area (Å²) in [6.07, 6.45) is 4.42. The van der Waals surface area contributed by atoms with E-state index in [2.05, 4.69) is 4.99 Å². The van der Waals surface area contributed by atoms with Gasteiger partial charge in [0.2, 0.25) is 0 Å². The molecule has 1 aromatic carbocycles. The number of carbonyl (C=O) groups is 1. The summed E-state index contributed by atoms with van der Waals surface area (Å²) in [7, 11) is 0. The molecule has 1 aromatic rings. The van der Waals surface area contributed by atoms with Crippen LogP contribution in [0.2, 0.25) is 0 Å². The molecule has 3 rings (SSSR count). The minimum absolute atomic E-state index is 0.228. The summed E-state index contributed by atoms with van der Waals surface area (Å²) < 4.78 is 5.31. The number of benzene rings is 1. The van der Waals surface area contributed by atoms with Gasteiger partial charge in [0, 0.05) is 6.42 Å². The molecule has 1 saturated carbocycles. The molecule has 1 aliphatic carbocycles. The van der Waals surface area contributed by atoms with Gasteiger partial charge >= 0.3 is 5.97 Å². The molecule has 1 fully saturated rings. The minimum atomic E-state index is -0.228. The van der Waals surface area contributed by atoms with Crippen molar-refractivity contribution in [1.29, 1.82) is 0 Å². The van der Waals surface area contributed by atoms with Gasteiger partial charge in [-0.15, -0.1) is 0 Å². The maximum absolute atomic E-state index is 11.9. The van der Waals surface area contributed by atoms with Gasteiger partial charge in [-0.25, -0.2) is 4.79 Å². The van der Waals surface area contributed by atoms with Crippen LogP contribution in [0.25, 0.3) is 0 Å². The number of aliphatic imine (C=N–C) groups is 1. The monoisotopic (exact) mass is 243 g/mol. The Hall–Kier alpha value is -1.64. The number of esters is 1.